The Kier molecular flexibility index (Phi) is 10.9. The number of amides is 2. The standard InChI is InChI=1S/C8H12N2O8S4/c11-5(12)3-19-21-9(7(15)16)1-2-10(8(17)18)22-20-4-6(13)14/h1-4H2,(H,11,12)(H,13,14)(H,15,16)(H,17,18). The van der Waals surface area contributed by atoms with Crippen LogP contribution in [0.25, 0.3) is 0 Å². The minimum absolute atomic E-state index is 0.195. The Morgan fingerprint density at radius 2 is 1.00 bits per heavy atom. The second kappa shape index (κ2) is 11.4. The number of rotatable bonds is 11. The third kappa shape index (κ3) is 10.6. The topological polar surface area (TPSA) is 156 Å². The summed E-state index contributed by atoms with van der Waals surface area (Å²) in [6.45, 7) is -0.390. The Morgan fingerprint density at radius 3 is 1.23 bits per heavy atom. The molecule has 0 saturated heterocycles. The van der Waals surface area contributed by atoms with Gasteiger partial charge in [0.1, 0.15) is 11.5 Å². The molecule has 0 rings (SSSR count). The van der Waals surface area contributed by atoms with Crippen LogP contribution in [0, 0.1) is 0 Å². The largest absolute Gasteiger partial charge is 0.481 e. The van der Waals surface area contributed by atoms with Gasteiger partial charge in [0.15, 0.2) is 0 Å². The quantitative estimate of drug-likeness (QED) is 0.298. The van der Waals surface area contributed by atoms with Crippen molar-refractivity contribution in [2.75, 3.05) is 24.6 Å². The molecule has 0 atom stereocenters. The van der Waals surface area contributed by atoms with E-state index >= 15 is 0 Å². The maximum absolute atomic E-state index is 10.9. The maximum Gasteiger partial charge on any atom is 0.418 e. The molecule has 0 aliphatic rings. The molecule has 0 aromatic carbocycles. The molecule has 22 heavy (non-hydrogen) atoms. The van der Waals surface area contributed by atoms with Gasteiger partial charge in [-0.15, -0.1) is 0 Å². The zero-order chi connectivity index (χ0) is 17.1. The highest BCUT2D eigenvalue weighted by atomic mass is 33.1. The molecule has 0 aliphatic carbocycles. The maximum atomic E-state index is 10.9. The van der Waals surface area contributed by atoms with Crippen LogP contribution >= 0.6 is 43.5 Å². The summed E-state index contributed by atoms with van der Waals surface area (Å²) in [5, 5.41) is 34.8. The summed E-state index contributed by atoms with van der Waals surface area (Å²) in [6.07, 6.45) is -2.67. The number of aliphatic carboxylic acids is 2. The van der Waals surface area contributed by atoms with E-state index < -0.39 is 24.1 Å². The van der Waals surface area contributed by atoms with Gasteiger partial charge in [0.25, 0.3) is 0 Å². The lowest BCUT2D eigenvalue weighted by atomic mass is 10.6. The van der Waals surface area contributed by atoms with Gasteiger partial charge in [-0.1, -0.05) is 21.6 Å². The number of nitrogens with zero attached hydrogens (tertiary/aromatic N) is 2. The van der Waals surface area contributed by atoms with Gasteiger partial charge in [-0.3, -0.25) is 9.59 Å². The minimum atomic E-state index is -1.34. The van der Waals surface area contributed by atoms with Crippen LogP contribution in [0.3, 0.4) is 0 Å². The Bertz CT molecular complexity index is 385. The molecule has 0 unspecified atom stereocenters. The molecule has 0 fully saturated rings. The van der Waals surface area contributed by atoms with E-state index in [-0.39, 0.29) is 24.6 Å². The Hall–Kier alpha value is -1.12. The summed E-state index contributed by atoms with van der Waals surface area (Å²) in [5.41, 5.74) is 0. The fourth-order valence-electron chi connectivity index (χ4n) is 0.792. The number of carboxylic acids is 2. The zero-order valence-corrected chi connectivity index (χ0v) is 14.0. The average Bonchev–Trinajstić information content (AvgIpc) is 2.38. The van der Waals surface area contributed by atoms with E-state index in [1.54, 1.807) is 0 Å². The van der Waals surface area contributed by atoms with Crippen molar-refractivity contribution in [3.05, 3.63) is 0 Å². The van der Waals surface area contributed by atoms with Gasteiger partial charge in [-0.05, 0) is 0 Å². The van der Waals surface area contributed by atoms with Crippen LogP contribution in [0.2, 0.25) is 0 Å². The Morgan fingerprint density at radius 1 is 0.682 bits per heavy atom. The van der Waals surface area contributed by atoms with Crippen molar-refractivity contribution in [3.8, 4) is 0 Å². The Balaban J connectivity index is 4.31. The van der Waals surface area contributed by atoms with Crippen LogP contribution in [0.1, 0.15) is 0 Å². The van der Waals surface area contributed by atoms with E-state index in [1.165, 1.54) is 0 Å². The summed E-state index contributed by atoms with van der Waals surface area (Å²) < 4.78 is 1.60. The van der Waals surface area contributed by atoms with Gasteiger partial charge in [-0.25, -0.2) is 18.2 Å². The first-order chi connectivity index (χ1) is 10.2. The lowest BCUT2D eigenvalue weighted by molar-refractivity contribution is -0.134. The third-order valence-electron chi connectivity index (χ3n) is 1.58. The second-order valence-electron chi connectivity index (χ2n) is 3.23. The van der Waals surface area contributed by atoms with E-state index in [1.807, 2.05) is 0 Å². The van der Waals surface area contributed by atoms with E-state index in [2.05, 4.69) is 0 Å². The first-order valence-electron chi connectivity index (χ1n) is 5.27. The number of hydrogen-bond donors (Lipinski definition) is 4. The molecule has 4 N–H and O–H groups in total. The number of carbonyl (C=O) groups is 4. The first kappa shape index (κ1) is 20.9. The molecule has 10 nitrogen and oxygen atoms in total. The van der Waals surface area contributed by atoms with Crippen molar-refractivity contribution in [1.29, 1.82) is 0 Å². The van der Waals surface area contributed by atoms with Crippen LogP contribution in [-0.4, -0.2) is 77.8 Å². The van der Waals surface area contributed by atoms with Crippen molar-refractivity contribution in [3.63, 3.8) is 0 Å². The fraction of sp³-hybridized carbons (Fsp3) is 0.500. The third-order valence-corrected chi connectivity index (χ3v) is 5.98. The molecule has 0 heterocycles. The highest BCUT2D eigenvalue weighted by Crippen LogP contribution is 2.28. The Labute approximate surface area is 140 Å². The van der Waals surface area contributed by atoms with Gasteiger partial charge in [-0.2, -0.15) is 0 Å². The molecule has 2 amide bonds. The van der Waals surface area contributed by atoms with Gasteiger partial charge in [0.05, 0.1) is 13.1 Å². The van der Waals surface area contributed by atoms with Crippen LogP contribution in [-0.2, 0) is 9.59 Å². The summed E-state index contributed by atoms with van der Waals surface area (Å²) in [7, 11) is 2.93. The van der Waals surface area contributed by atoms with Crippen LogP contribution < -0.4 is 0 Å². The summed E-state index contributed by atoms with van der Waals surface area (Å²) in [4.78, 5) is 42.6. The van der Waals surface area contributed by atoms with Crippen LogP contribution in [0.4, 0.5) is 9.59 Å². The van der Waals surface area contributed by atoms with E-state index in [9.17, 15) is 19.2 Å². The van der Waals surface area contributed by atoms with Crippen molar-refractivity contribution in [2.45, 2.75) is 0 Å². The minimum Gasteiger partial charge on any atom is -0.481 e. The molecule has 0 bridgehead atoms. The summed E-state index contributed by atoms with van der Waals surface area (Å²) in [5.74, 6) is -2.81. The molecular formula is C8H12N2O8S4. The first-order valence-corrected chi connectivity index (χ1v) is 9.83. The van der Waals surface area contributed by atoms with Crippen molar-refractivity contribution < 1.29 is 39.6 Å². The lowest BCUT2D eigenvalue weighted by Crippen LogP contribution is -2.33. The SMILES string of the molecule is O=C(O)CSSN(CCN(SSCC(=O)O)C(=O)O)C(=O)O. The molecule has 0 radical (unpaired) electrons. The van der Waals surface area contributed by atoms with Crippen LogP contribution in [0.5, 0.6) is 0 Å². The number of carboxylic acid groups (broad SMARTS) is 4. The normalized spacial score (nSPS) is 10.0. The molecule has 0 aromatic rings. The van der Waals surface area contributed by atoms with Gasteiger partial charge >= 0.3 is 24.1 Å². The van der Waals surface area contributed by atoms with E-state index in [4.69, 9.17) is 20.4 Å². The van der Waals surface area contributed by atoms with Crippen molar-refractivity contribution >= 4 is 67.7 Å². The van der Waals surface area contributed by atoms with Crippen molar-refractivity contribution in [2.24, 2.45) is 0 Å². The molecule has 0 saturated carbocycles. The fourth-order valence-corrected chi connectivity index (χ4v) is 4.31. The van der Waals surface area contributed by atoms with Crippen LogP contribution in [0.15, 0.2) is 0 Å². The second-order valence-corrected chi connectivity index (χ2v) is 7.77. The van der Waals surface area contributed by atoms with E-state index in [0.717, 1.165) is 30.2 Å². The molecular weight excluding hydrogens is 380 g/mol. The summed E-state index contributed by atoms with van der Waals surface area (Å²) >= 11 is 0. The molecule has 0 spiro atoms. The van der Waals surface area contributed by atoms with Crippen molar-refractivity contribution in [1.82, 2.24) is 8.61 Å². The van der Waals surface area contributed by atoms with E-state index in [0.29, 0.717) is 22.0 Å². The zero-order valence-electron chi connectivity index (χ0n) is 10.8. The van der Waals surface area contributed by atoms with Gasteiger partial charge < -0.3 is 20.4 Å². The summed E-state index contributed by atoms with van der Waals surface area (Å²) in [6, 6.07) is 0. The molecule has 0 aromatic heterocycles. The molecule has 14 heteroatoms. The van der Waals surface area contributed by atoms with Gasteiger partial charge in [0, 0.05) is 22.0 Å². The lowest BCUT2D eigenvalue weighted by Gasteiger charge is -2.21. The highest BCUT2D eigenvalue weighted by Gasteiger charge is 2.19. The molecule has 0 aliphatic heterocycles. The van der Waals surface area contributed by atoms with Gasteiger partial charge in [0.2, 0.25) is 0 Å². The monoisotopic (exact) mass is 392 g/mol. The number of hydrogen-bond acceptors (Lipinski definition) is 8. The predicted octanol–water partition coefficient (Wildman–Crippen LogP) is 1.71. The smallest absolute Gasteiger partial charge is 0.418 e. The predicted molar refractivity (Wildman–Crippen MR) is 84.8 cm³/mol. The highest BCUT2D eigenvalue weighted by molar-refractivity contribution is 8.76. The average molecular weight is 392 g/mol. The molecule has 126 valence electrons.